The van der Waals surface area contributed by atoms with Crippen molar-refractivity contribution in [1.29, 1.82) is 0 Å². The molecule has 0 atom stereocenters. The predicted octanol–water partition coefficient (Wildman–Crippen LogP) is 27.3. The minimum Gasteiger partial charge on any atom is -0.256 e. The van der Waals surface area contributed by atoms with E-state index in [1.807, 2.05) is 18.6 Å². The summed E-state index contributed by atoms with van der Waals surface area (Å²) in [6.45, 7) is 0. The van der Waals surface area contributed by atoms with Gasteiger partial charge in [-0.25, -0.2) is 9.97 Å². The maximum atomic E-state index is 5.28. The van der Waals surface area contributed by atoms with Crippen molar-refractivity contribution in [3.63, 3.8) is 0 Å². The van der Waals surface area contributed by atoms with Gasteiger partial charge < -0.3 is 0 Å². The van der Waals surface area contributed by atoms with Crippen LogP contribution in [0.3, 0.4) is 0 Å². The first-order chi connectivity index (χ1) is 53.4. The van der Waals surface area contributed by atoms with E-state index in [0.29, 0.717) is 0 Å². The van der Waals surface area contributed by atoms with Crippen LogP contribution in [0.15, 0.2) is 407 Å². The molecular formula is C103H67N5. The van der Waals surface area contributed by atoms with Crippen molar-refractivity contribution in [1.82, 2.24) is 24.9 Å². The van der Waals surface area contributed by atoms with Crippen LogP contribution in [0.1, 0.15) is 0 Å². The Balaban J connectivity index is 0.000000147. The van der Waals surface area contributed by atoms with Crippen LogP contribution in [0.5, 0.6) is 0 Å². The molecule has 0 radical (unpaired) electrons. The van der Waals surface area contributed by atoms with Crippen LogP contribution >= 0.6 is 0 Å². The minimum atomic E-state index is 0.831. The smallest absolute Gasteiger partial charge is 0.0731 e. The first kappa shape index (κ1) is 64.5. The first-order valence-corrected chi connectivity index (χ1v) is 36.6. The zero-order chi connectivity index (χ0) is 71.7. The van der Waals surface area contributed by atoms with E-state index in [1.165, 1.54) is 98.0 Å². The first-order valence-electron chi connectivity index (χ1n) is 36.6. The molecule has 5 heteroatoms. The molecule has 0 unspecified atom stereocenters. The summed E-state index contributed by atoms with van der Waals surface area (Å²) in [7, 11) is 0. The van der Waals surface area contributed by atoms with Gasteiger partial charge >= 0.3 is 0 Å². The summed E-state index contributed by atoms with van der Waals surface area (Å²) in [4.78, 5) is 25.2. The Labute approximate surface area is 626 Å². The summed E-state index contributed by atoms with van der Waals surface area (Å²) in [6.07, 6.45) is 5.79. The van der Waals surface area contributed by atoms with Crippen molar-refractivity contribution in [3.8, 4) is 134 Å². The maximum Gasteiger partial charge on any atom is 0.0731 e. The van der Waals surface area contributed by atoms with Crippen LogP contribution in [0.25, 0.3) is 199 Å². The molecule has 15 aromatic carbocycles. The Hall–Kier alpha value is -14.4. The molecule has 5 heterocycles. The monoisotopic (exact) mass is 1370 g/mol. The highest BCUT2D eigenvalue weighted by atomic mass is 14.8. The zero-order valence-corrected chi connectivity index (χ0v) is 58.9. The minimum absolute atomic E-state index is 0.831. The van der Waals surface area contributed by atoms with E-state index in [9.17, 15) is 0 Å². The molecule has 20 aromatic rings. The van der Waals surface area contributed by atoms with Crippen molar-refractivity contribution in [3.05, 3.63) is 407 Å². The van der Waals surface area contributed by atoms with Crippen LogP contribution in [-0.4, -0.2) is 24.9 Å². The molecule has 0 saturated heterocycles. The van der Waals surface area contributed by atoms with Gasteiger partial charge in [0.15, 0.2) is 0 Å². The Morgan fingerprint density at radius 1 is 0.111 bits per heavy atom. The van der Waals surface area contributed by atoms with Gasteiger partial charge in [0, 0.05) is 63.1 Å². The van der Waals surface area contributed by atoms with Crippen molar-refractivity contribution in [2.45, 2.75) is 0 Å². The van der Waals surface area contributed by atoms with E-state index in [1.54, 1.807) is 0 Å². The Bertz CT molecular complexity index is 5660. The number of rotatable bonds is 12. The third-order valence-electron chi connectivity index (χ3n) is 20.8. The van der Waals surface area contributed by atoms with Gasteiger partial charge in [-0.05, 0) is 206 Å². The second-order valence-corrected chi connectivity index (χ2v) is 27.7. The molecule has 0 aliphatic rings. The molecule has 0 N–H and O–H groups in total. The van der Waals surface area contributed by atoms with E-state index in [2.05, 4.69) is 388 Å². The SMILES string of the molecule is c1ccc2cc(-c3ccc(-c4cc(-c5ccc(-c6ccc7ccccc7c6)cc5)nc(-c5ccc(-c6ccc7ccccc7c6)cc5)c4)cc3)ccc2c1.c1ccc2cc(-c3ccc(-c4cc(-c5ccc(-c6ccc7ccccc7c6)nc5)nc(-c5ccc(-c6ccc7ccccc7c6)nc5)c4)cn3)ccc2c1. The molecule has 0 spiro atoms. The van der Waals surface area contributed by atoms with E-state index in [4.69, 9.17) is 24.9 Å². The van der Waals surface area contributed by atoms with Gasteiger partial charge in [0.25, 0.3) is 0 Å². The predicted molar refractivity (Wildman–Crippen MR) is 452 cm³/mol. The second kappa shape index (κ2) is 28.3. The van der Waals surface area contributed by atoms with Gasteiger partial charge in [0.2, 0.25) is 0 Å². The lowest BCUT2D eigenvalue weighted by atomic mass is 9.95. The summed E-state index contributed by atoms with van der Waals surface area (Å²) in [6, 6.07) is 138. The Kier molecular flexibility index (Phi) is 16.9. The zero-order valence-electron chi connectivity index (χ0n) is 58.9. The van der Waals surface area contributed by atoms with Crippen LogP contribution < -0.4 is 0 Å². The highest BCUT2D eigenvalue weighted by molar-refractivity contribution is 5.94. The molecule has 0 saturated carbocycles. The van der Waals surface area contributed by atoms with Crippen LogP contribution in [0, 0.1) is 0 Å². The largest absolute Gasteiger partial charge is 0.256 e. The summed E-state index contributed by atoms with van der Waals surface area (Å²) < 4.78 is 0. The van der Waals surface area contributed by atoms with E-state index in [0.717, 1.165) is 101 Å². The van der Waals surface area contributed by atoms with Gasteiger partial charge in [-0.15, -0.1) is 0 Å². The lowest BCUT2D eigenvalue weighted by Crippen LogP contribution is -1.94. The lowest BCUT2D eigenvalue weighted by molar-refractivity contribution is 1.26. The molecule has 20 rings (SSSR count). The average molecular weight is 1370 g/mol. The van der Waals surface area contributed by atoms with E-state index >= 15 is 0 Å². The summed E-state index contributed by atoms with van der Waals surface area (Å²) >= 11 is 0. The van der Waals surface area contributed by atoms with E-state index < -0.39 is 0 Å². The van der Waals surface area contributed by atoms with Gasteiger partial charge in [-0.2, -0.15) is 0 Å². The summed E-state index contributed by atoms with van der Waals surface area (Å²) in [5, 5.41) is 14.7. The highest BCUT2D eigenvalue weighted by Crippen LogP contribution is 2.38. The fraction of sp³-hybridized carbons (Fsp3) is 0. The molecule has 0 fully saturated rings. The number of hydrogen-bond acceptors (Lipinski definition) is 5. The topological polar surface area (TPSA) is 64.5 Å². The normalized spacial score (nSPS) is 11.3. The molecule has 0 aliphatic carbocycles. The number of fused-ring (bicyclic) bond motifs is 6. The van der Waals surface area contributed by atoms with Crippen LogP contribution in [0.2, 0.25) is 0 Å². The van der Waals surface area contributed by atoms with E-state index in [-0.39, 0.29) is 0 Å². The summed E-state index contributed by atoms with van der Waals surface area (Å²) in [5.74, 6) is 0. The van der Waals surface area contributed by atoms with Crippen molar-refractivity contribution in [2.24, 2.45) is 0 Å². The standard InChI is InChI=1S/C53H35N.C50H32N4/c1-4-10-45-31-48(28-21-36(45)7-1)39-13-15-42(16-14-39)51-34-52(43-24-17-40(18-25-43)49-29-22-37-8-2-5-11-46(37)32-49)54-53(35-51)44-26-19-41(20-27-44)50-30-23-38-9-3-6-12-47(38)33-50;1-4-10-36-25-39(16-13-33(36)7-1)46-22-19-42(30-51-46)45-28-49(43-20-23-47(52-31-43)40-17-14-34-8-2-5-11-37(34)26-40)54-50(29-45)44-21-24-48(53-32-44)41-18-15-35-9-3-6-12-38(35)27-41/h1-35H;1-32H. The van der Waals surface area contributed by atoms with Gasteiger partial charge in [0.1, 0.15) is 0 Å². The fourth-order valence-electron chi connectivity index (χ4n) is 14.8. The number of pyridine rings is 5. The quantitative estimate of drug-likeness (QED) is 0.122. The molecule has 5 nitrogen and oxygen atoms in total. The summed E-state index contributed by atoms with van der Waals surface area (Å²) in [5.41, 5.74) is 25.2. The van der Waals surface area contributed by atoms with Crippen molar-refractivity contribution < 1.29 is 0 Å². The van der Waals surface area contributed by atoms with Gasteiger partial charge in [0.05, 0.1) is 39.9 Å². The molecule has 5 aromatic heterocycles. The Morgan fingerprint density at radius 3 is 0.574 bits per heavy atom. The highest BCUT2D eigenvalue weighted by Gasteiger charge is 2.16. The molecular weight excluding hydrogens is 1310 g/mol. The fourth-order valence-corrected chi connectivity index (χ4v) is 14.8. The third kappa shape index (κ3) is 13.3. The van der Waals surface area contributed by atoms with Crippen LogP contribution in [0.4, 0.5) is 0 Å². The molecule has 0 amide bonds. The molecule has 108 heavy (non-hydrogen) atoms. The number of nitrogens with zero attached hydrogens (tertiary/aromatic N) is 5. The lowest BCUT2D eigenvalue weighted by Gasteiger charge is -2.12. The Morgan fingerprint density at radius 2 is 0.306 bits per heavy atom. The molecule has 0 bridgehead atoms. The maximum absolute atomic E-state index is 5.28. The van der Waals surface area contributed by atoms with Crippen molar-refractivity contribution in [2.75, 3.05) is 0 Å². The average Bonchev–Trinajstić information content (AvgIpc) is 0.807. The van der Waals surface area contributed by atoms with Gasteiger partial charge in [-0.3, -0.25) is 15.0 Å². The number of benzene rings is 15. The van der Waals surface area contributed by atoms with Gasteiger partial charge in [-0.1, -0.05) is 297 Å². The number of hydrogen-bond donors (Lipinski definition) is 0. The van der Waals surface area contributed by atoms with Crippen molar-refractivity contribution >= 4 is 64.6 Å². The second-order valence-electron chi connectivity index (χ2n) is 27.7. The molecule has 504 valence electrons. The van der Waals surface area contributed by atoms with Crippen LogP contribution in [-0.2, 0) is 0 Å². The molecule has 0 aliphatic heterocycles. The number of aromatic nitrogens is 5. The third-order valence-corrected chi connectivity index (χ3v) is 20.8.